The van der Waals surface area contributed by atoms with Crippen LogP contribution in [0.5, 0.6) is 0 Å². The van der Waals surface area contributed by atoms with Gasteiger partial charge in [-0.05, 0) is 37.8 Å². The van der Waals surface area contributed by atoms with E-state index in [-0.39, 0.29) is 5.91 Å². The number of fused-ring (bicyclic) bond motifs is 1. The topological polar surface area (TPSA) is 84.6 Å². The Kier molecular flexibility index (Phi) is 6.16. The summed E-state index contributed by atoms with van der Waals surface area (Å²) < 4.78 is 6.76. The highest BCUT2D eigenvalue weighted by Gasteiger charge is 2.17. The summed E-state index contributed by atoms with van der Waals surface area (Å²) in [7, 11) is 1.69. The van der Waals surface area contributed by atoms with Crippen molar-refractivity contribution in [3.8, 4) is 0 Å². The summed E-state index contributed by atoms with van der Waals surface area (Å²) >= 11 is 0. The molecule has 1 aliphatic rings. The van der Waals surface area contributed by atoms with E-state index >= 15 is 0 Å². The van der Waals surface area contributed by atoms with Crippen LogP contribution in [0.3, 0.4) is 0 Å². The Morgan fingerprint density at radius 1 is 1.24 bits per heavy atom. The molecule has 0 aliphatic carbocycles. The minimum Gasteiger partial charge on any atom is -0.385 e. The van der Waals surface area contributed by atoms with E-state index in [1.165, 1.54) is 6.42 Å². The Hall–Kier alpha value is -2.22. The predicted molar refractivity (Wildman–Crippen MR) is 94.5 cm³/mol. The molecule has 1 amide bonds. The number of methoxy groups -OCH3 is 1. The van der Waals surface area contributed by atoms with Crippen molar-refractivity contribution in [2.24, 2.45) is 0 Å². The van der Waals surface area contributed by atoms with Gasteiger partial charge >= 0.3 is 0 Å². The maximum Gasteiger partial charge on any atom is 0.223 e. The molecule has 2 aromatic rings. The number of anilines is 1. The maximum atomic E-state index is 12.3. The third kappa shape index (κ3) is 4.66. The molecule has 0 aromatic carbocycles. The Morgan fingerprint density at radius 3 is 2.88 bits per heavy atom. The average Bonchev–Trinajstić information content (AvgIpc) is 3.06. The standard InChI is InChI=1S/C17H26N6O2/c1-25-13-5-10-18-14-6-7-15-19-20-16(23(15)21-14)8-9-17(24)22-11-3-2-4-12-22/h6-7H,2-5,8-13H2,1H3,(H,18,21). The second-order valence-electron chi connectivity index (χ2n) is 6.32. The number of nitrogens with zero attached hydrogens (tertiary/aromatic N) is 5. The average molecular weight is 346 g/mol. The van der Waals surface area contributed by atoms with Gasteiger partial charge in [0.25, 0.3) is 0 Å². The lowest BCUT2D eigenvalue weighted by molar-refractivity contribution is -0.132. The van der Waals surface area contributed by atoms with Crippen molar-refractivity contribution in [2.45, 2.75) is 38.5 Å². The molecule has 8 heteroatoms. The highest BCUT2D eigenvalue weighted by atomic mass is 16.5. The summed E-state index contributed by atoms with van der Waals surface area (Å²) in [5.41, 5.74) is 0.697. The minimum atomic E-state index is 0.199. The number of ether oxygens (including phenoxy) is 1. The number of amides is 1. The van der Waals surface area contributed by atoms with Gasteiger partial charge in [0.2, 0.25) is 5.91 Å². The monoisotopic (exact) mass is 346 g/mol. The zero-order valence-corrected chi connectivity index (χ0v) is 14.8. The van der Waals surface area contributed by atoms with E-state index in [1.54, 1.807) is 11.6 Å². The first-order valence-corrected chi connectivity index (χ1v) is 9.00. The summed E-state index contributed by atoms with van der Waals surface area (Å²) in [4.78, 5) is 14.3. The van der Waals surface area contributed by atoms with Crippen molar-refractivity contribution in [3.63, 3.8) is 0 Å². The van der Waals surface area contributed by atoms with E-state index in [0.717, 1.165) is 50.5 Å². The minimum absolute atomic E-state index is 0.199. The fraction of sp³-hybridized carbons (Fsp3) is 0.647. The van der Waals surface area contributed by atoms with Crippen LogP contribution in [0.15, 0.2) is 12.1 Å². The Morgan fingerprint density at radius 2 is 2.08 bits per heavy atom. The lowest BCUT2D eigenvalue weighted by atomic mass is 10.1. The van der Waals surface area contributed by atoms with Crippen LogP contribution in [0.4, 0.5) is 5.82 Å². The third-order valence-corrected chi connectivity index (χ3v) is 4.43. The quantitative estimate of drug-likeness (QED) is 0.730. The summed E-state index contributed by atoms with van der Waals surface area (Å²) in [6.45, 7) is 3.27. The lowest BCUT2D eigenvalue weighted by Gasteiger charge is -2.26. The molecule has 136 valence electrons. The molecule has 2 aromatic heterocycles. The number of carbonyl (C=O) groups excluding carboxylic acids is 1. The first-order chi connectivity index (χ1) is 12.3. The second kappa shape index (κ2) is 8.75. The molecule has 0 bridgehead atoms. The molecule has 25 heavy (non-hydrogen) atoms. The predicted octanol–water partition coefficient (Wildman–Crippen LogP) is 1.52. The normalized spacial score (nSPS) is 14.8. The van der Waals surface area contributed by atoms with Gasteiger partial charge in [-0.1, -0.05) is 0 Å². The van der Waals surface area contributed by atoms with Crippen molar-refractivity contribution in [1.82, 2.24) is 24.7 Å². The number of piperidine rings is 1. The Bertz CT molecular complexity index is 696. The van der Waals surface area contributed by atoms with Crippen molar-refractivity contribution >= 4 is 17.4 Å². The zero-order valence-electron chi connectivity index (χ0n) is 14.8. The van der Waals surface area contributed by atoms with Crippen molar-refractivity contribution < 1.29 is 9.53 Å². The molecular formula is C17H26N6O2. The van der Waals surface area contributed by atoms with E-state index in [1.807, 2.05) is 17.0 Å². The largest absolute Gasteiger partial charge is 0.385 e. The highest BCUT2D eigenvalue weighted by molar-refractivity contribution is 5.76. The van der Waals surface area contributed by atoms with E-state index in [4.69, 9.17) is 4.74 Å². The third-order valence-electron chi connectivity index (χ3n) is 4.43. The number of hydrogen-bond acceptors (Lipinski definition) is 6. The van der Waals surface area contributed by atoms with Crippen LogP contribution in [0, 0.1) is 0 Å². The SMILES string of the molecule is COCCCNc1ccc2nnc(CCC(=O)N3CCCCC3)n2n1. The first-order valence-electron chi connectivity index (χ1n) is 9.00. The van der Waals surface area contributed by atoms with Gasteiger partial charge in [0.1, 0.15) is 5.82 Å². The van der Waals surface area contributed by atoms with Crippen LogP contribution in [0.2, 0.25) is 0 Å². The molecule has 0 saturated carbocycles. The van der Waals surface area contributed by atoms with Gasteiger partial charge in [-0.25, -0.2) is 0 Å². The van der Waals surface area contributed by atoms with E-state index < -0.39 is 0 Å². The Balaban J connectivity index is 1.59. The van der Waals surface area contributed by atoms with Crippen molar-refractivity contribution in [1.29, 1.82) is 0 Å². The molecule has 3 rings (SSSR count). The van der Waals surface area contributed by atoms with Crippen LogP contribution in [-0.2, 0) is 16.0 Å². The van der Waals surface area contributed by atoms with Crippen LogP contribution in [-0.4, -0.2) is 64.0 Å². The molecule has 3 heterocycles. The van der Waals surface area contributed by atoms with E-state index in [9.17, 15) is 4.79 Å². The molecular weight excluding hydrogens is 320 g/mol. The highest BCUT2D eigenvalue weighted by Crippen LogP contribution is 2.12. The van der Waals surface area contributed by atoms with E-state index in [0.29, 0.717) is 25.1 Å². The summed E-state index contributed by atoms with van der Waals surface area (Å²) in [6.07, 6.45) is 5.36. The Labute approximate surface area is 147 Å². The zero-order chi connectivity index (χ0) is 17.5. The molecule has 0 unspecified atom stereocenters. The maximum absolute atomic E-state index is 12.3. The smallest absolute Gasteiger partial charge is 0.223 e. The number of aromatic nitrogens is 4. The van der Waals surface area contributed by atoms with Crippen LogP contribution in [0.1, 0.15) is 37.9 Å². The van der Waals surface area contributed by atoms with Crippen LogP contribution < -0.4 is 5.32 Å². The fourth-order valence-electron chi connectivity index (χ4n) is 3.04. The van der Waals surface area contributed by atoms with E-state index in [2.05, 4.69) is 20.6 Å². The lowest BCUT2D eigenvalue weighted by Crippen LogP contribution is -2.35. The summed E-state index contributed by atoms with van der Waals surface area (Å²) in [5, 5.41) is 16.1. The molecule has 1 N–H and O–H groups in total. The van der Waals surface area contributed by atoms with Crippen molar-refractivity contribution in [3.05, 3.63) is 18.0 Å². The molecule has 0 atom stereocenters. The second-order valence-corrected chi connectivity index (χ2v) is 6.32. The molecule has 0 spiro atoms. The first kappa shape index (κ1) is 17.6. The van der Waals surface area contributed by atoms with Gasteiger partial charge in [0, 0.05) is 46.2 Å². The number of carbonyl (C=O) groups is 1. The van der Waals surface area contributed by atoms with Crippen LogP contribution in [0.25, 0.3) is 5.65 Å². The van der Waals surface area contributed by atoms with Gasteiger partial charge in [-0.2, -0.15) is 4.52 Å². The van der Waals surface area contributed by atoms with Crippen LogP contribution >= 0.6 is 0 Å². The number of aryl methyl sites for hydroxylation is 1. The number of nitrogens with one attached hydrogen (secondary N) is 1. The number of likely N-dealkylation sites (tertiary alicyclic amines) is 1. The molecule has 0 radical (unpaired) electrons. The number of hydrogen-bond donors (Lipinski definition) is 1. The molecule has 1 saturated heterocycles. The summed E-state index contributed by atoms with van der Waals surface area (Å²) in [5.74, 6) is 1.69. The molecule has 1 fully saturated rings. The summed E-state index contributed by atoms with van der Waals surface area (Å²) in [6, 6.07) is 3.77. The van der Waals surface area contributed by atoms with Gasteiger partial charge in [-0.3, -0.25) is 4.79 Å². The molecule has 8 nitrogen and oxygen atoms in total. The van der Waals surface area contributed by atoms with Gasteiger partial charge in [0.15, 0.2) is 11.5 Å². The van der Waals surface area contributed by atoms with Gasteiger partial charge in [0.05, 0.1) is 0 Å². The molecule has 1 aliphatic heterocycles. The van der Waals surface area contributed by atoms with Gasteiger partial charge < -0.3 is 15.0 Å². The van der Waals surface area contributed by atoms with Crippen molar-refractivity contribution in [2.75, 3.05) is 38.7 Å². The number of rotatable bonds is 8. The van der Waals surface area contributed by atoms with Gasteiger partial charge in [-0.15, -0.1) is 15.3 Å². The fourth-order valence-corrected chi connectivity index (χ4v) is 3.04.